The average molecular weight is 282 g/mol. The molecule has 0 bridgehead atoms. The summed E-state index contributed by atoms with van der Waals surface area (Å²) in [5, 5.41) is 17.3. The van der Waals surface area contributed by atoms with Crippen LogP contribution in [0.4, 0.5) is 0 Å². The smallest absolute Gasteiger partial charge is 0.163 e. The summed E-state index contributed by atoms with van der Waals surface area (Å²) in [6.45, 7) is 2.67. The first-order chi connectivity index (χ1) is 10.3. The third-order valence-corrected chi connectivity index (χ3v) is 3.74. The van der Waals surface area contributed by atoms with Gasteiger partial charge in [-0.05, 0) is 23.3 Å². The lowest BCUT2D eigenvalue weighted by atomic mass is 9.98. The highest BCUT2D eigenvalue weighted by Gasteiger charge is 2.22. The van der Waals surface area contributed by atoms with E-state index in [1.807, 2.05) is 49.4 Å². The maximum Gasteiger partial charge on any atom is 0.163 e. The molecule has 3 aromatic rings. The lowest BCUT2D eigenvalue weighted by Crippen LogP contribution is -2.10. The van der Waals surface area contributed by atoms with Crippen LogP contribution in [0.2, 0.25) is 0 Å². The van der Waals surface area contributed by atoms with E-state index < -0.39 is 6.10 Å². The average Bonchev–Trinajstić information content (AvgIpc) is 2.96. The normalized spacial score (nSPS) is 12.5. The third-order valence-electron chi connectivity index (χ3n) is 3.74. The molecule has 0 aliphatic heterocycles. The number of aliphatic hydroxyl groups excluding tert-OH is 1. The highest BCUT2D eigenvalue weighted by Crippen LogP contribution is 2.33. The number of rotatable bonds is 4. The van der Waals surface area contributed by atoms with Gasteiger partial charge in [-0.25, -0.2) is 0 Å². The van der Waals surface area contributed by atoms with Crippen molar-refractivity contribution < 1.29 is 9.84 Å². The fraction of sp³-hybridized carbons (Fsp3) is 0.235. The first kappa shape index (κ1) is 13.6. The molecule has 0 saturated heterocycles. The summed E-state index contributed by atoms with van der Waals surface area (Å²) in [5.74, 6) is 0.609. The van der Waals surface area contributed by atoms with Crippen LogP contribution in [0.25, 0.3) is 10.8 Å². The maximum atomic E-state index is 10.9. The van der Waals surface area contributed by atoms with E-state index in [1.54, 1.807) is 18.0 Å². The number of methoxy groups -OCH3 is 1. The van der Waals surface area contributed by atoms with E-state index in [0.29, 0.717) is 18.0 Å². The monoisotopic (exact) mass is 282 g/mol. The minimum absolute atomic E-state index is 0.609. The van der Waals surface area contributed by atoms with Gasteiger partial charge in [-0.3, -0.25) is 4.68 Å². The molecule has 4 nitrogen and oxygen atoms in total. The molecule has 0 saturated carbocycles. The van der Waals surface area contributed by atoms with Crippen LogP contribution in [0.5, 0.6) is 5.75 Å². The van der Waals surface area contributed by atoms with Crippen molar-refractivity contribution in [2.45, 2.75) is 19.6 Å². The molecule has 1 N–H and O–H groups in total. The third kappa shape index (κ3) is 2.28. The van der Waals surface area contributed by atoms with E-state index >= 15 is 0 Å². The Kier molecular flexibility index (Phi) is 3.62. The minimum atomic E-state index is -0.770. The number of ether oxygens (including phenoxy) is 1. The largest absolute Gasteiger partial charge is 0.493 e. The van der Waals surface area contributed by atoms with Crippen molar-refractivity contribution in [1.29, 1.82) is 0 Å². The van der Waals surface area contributed by atoms with Crippen LogP contribution < -0.4 is 4.74 Å². The molecule has 1 unspecified atom stereocenters. The molecule has 0 aliphatic carbocycles. The number of aliphatic hydroxyl groups is 1. The van der Waals surface area contributed by atoms with Gasteiger partial charge >= 0.3 is 0 Å². The van der Waals surface area contributed by atoms with E-state index in [1.165, 1.54) is 0 Å². The summed E-state index contributed by atoms with van der Waals surface area (Å²) in [4.78, 5) is 0. The zero-order valence-corrected chi connectivity index (χ0v) is 12.2. The Labute approximate surface area is 123 Å². The summed E-state index contributed by atoms with van der Waals surface area (Å²) >= 11 is 0. The van der Waals surface area contributed by atoms with Gasteiger partial charge in [-0.15, -0.1) is 0 Å². The van der Waals surface area contributed by atoms with Gasteiger partial charge in [0.25, 0.3) is 0 Å². The first-order valence-electron chi connectivity index (χ1n) is 7.01. The van der Waals surface area contributed by atoms with Gasteiger partial charge < -0.3 is 9.84 Å². The fourth-order valence-electron chi connectivity index (χ4n) is 2.70. The van der Waals surface area contributed by atoms with E-state index in [0.717, 1.165) is 16.3 Å². The molecule has 0 fully saturated rings. The van der Waals surface area contributed by atoms with Crippen LogP contribution >= 0.6 is 0 Å². The van der Waals surface area contributed by atoms with Crippen LogP contribution in [0.3, 0.4) is 0 Å². The van der Waals surface area contributed by atoms with Crippen molar-refractivity contribution in [3.8, 4) is 5.75 Å². The Bertz CT molecular complexity index is 738. The molecule has 1 heterocycles. The molecule has 2 aromatic carbocycles. The van der Waals surface area contributed by atoms with Crippen LogP contribution in [0, 0.1) is 0 Å². The van der Waals surface area contributed by atoms with Crippen LogP contribution in [-0.4, -0.2) is 22.0 Å². The van der Waals surface area contributed by atoms with Crippen LogP contribution in [0.15, 0.2) is 48.7 Å². The van der Waals surface area contributed by atoms with Crippen LogP contribution in [-0.2, 0) is 6.54 Å². The molecule has 3 rings (SSSR count). The van der Waals surface area contributed by atoms with Gasteiger partial charge in [-0.1, -0.05) is 42.5 Å². The van der Waals surface area contributed by atoms with E-state index in [4.69, 9.17) is 4.74 Å². The number of hydrogen-bond acceptors (Lipinski definition) is 3. The van der Waals surface area contributed by atoms with E-state index in [2.05, 4.69) is 5.10 Å². The summed E-state index contributed by atoms with van der Waals surface area (Å²) in [7, 11) is 1.59. The minimum Gasteiger partial charge on any atom is -0.493 e. The number of nitrogens with zero attached hydrogens (tertiary/aromatic N) is 2. The second-order valence-electron chi connectivity index (χ2n) is 4.88. The number of aromatic nitrogens is 2. The molecule has 0 spiro atoms. The quantitative estimate of drug-likeness (QED) is 0.799. The maximum absolute atomic E-state index is 10.9. The molecule has 1 atom stereocenters. The highest BCUT2D eigenvalue weighted by molar-refractivity contribution is 5.86. The Morgan fingerprint density at radius 3 is 2.71 bits per heavy atom. The molecular weight excluding hydrogens is 264 g/mol. The fourth-order valence-corrected chi connectivity index (χ4v) is 2.70. The molecule has 4 heteroatoms. The molecule has 0 amide bonds. The Morgan fingerprint density at radius 1 is 1.19 bits per heavy atom. The lowest BCUT2D eigenvalue weighted by Gasteiger charge is -2.16. The molecule has 108 valence electrons. The molecular formula is C17H18N2O2. The lowest BCUT2D eigenvalue weighted by molar-refractivity contribution is 0.204. The summed E-state index contributed by atoms with van der Waals surface area (Å²) < 4.78 is 7.11. The second-order valence-corrected chi connectivity index (χ2v) is 4.88. The SMILES string of the molecule is CCn1ncc(OC)c1C(O)c1cccc2ccccc12. The number of fused-ring (bicyclic) bond motifs is 1. The Hall–Kier alpha value is -2.33. The Morgan fingerprint density at radius 2 is 1.95 bits per heavy atom. The van der Waals surface area contributed by atoms with Crippen molar-refractivity contribution in [2.24, 2.45) is 0 Å². The molecule has 21 heavy (non-hydrogen) atoms. The van der Waals surface area contributed by atoms with Gasteiger partial charge in [0.05, 0.1) is 13.3 Å². The zero-order chi connectivity index (χ0) is 14.8. The Balaban J connectivity index is 2.17. The van der Waals surface area contributed by atoms with Crippen molar-refractivity contribution in [3.05, 3.63) is 59.9 Å². The number of aryl methyl sites for hydroxylation is 1. The predicted octanol–water partition coefficient (Wildman–Crippen LogP) is 3.15. The van der Waals surface area contributed by atoms with Crippen molar-refractivity contribution in [2.75, 3.05) is 7.11 Å². The highest BCUT2D eigenvalue weighted by atomic mass is 16.5. The second kappa shape index (κ2) is 5.58. The molecule has 1 aromatic heterocycles. The van der Waals surface area contributed by atoms with Gasteiger partial charge in [0.15, 0.2) is 5.75 Å². The standard InChI is InChI=1S/C17H18N2O2/c1-3-19-16(15(21-2)11-18-19)17(20)14-10-6-8-12-7-4-5-9-13(12)14/h4-11,17,20H,3H2,1-2H3. The number of hydrogen-bond donors (Lipinski definition) is 1. The first-order valence-corrected chi connectivity index (χ1v) is 7.01. The summed E-state index contributed by atoms with van der Waals surface area (Å²) in [5.41, 5.74) is 1.55. The summed E-state index contributed by atoms with van der Waals surface area (Å²) in [6, 6.07) is 14.0. The van der Waals surface area contributed by atoms with E-state index in [9.17, 15) is 5.11 Å². The van der Waals surface area contributed by atoms with Crippen LogP contribution in [0.1, 0.15) is 24.3 Å². The van der Waals surface area contributed by atoms with Crippen molar-refractivity contribution in [1.82, 2.24) is 9.78 Å². The van der Waals surface area contributed by atoms with Gasteiger partial charge in [0.2, 0.25) is 0 Å². The van der Waals surface area contributed by atoms with Crippen molar-refractivity contribution >= 4 is 10.8 Å². The summed E-state index contributed by atoms with van der Waals surface area (Å²) in [6.07, 6.45) is 0.876. The van der Waals surface area contributed by atoms with Crippen molar-refractivity contribution in [3.63, 3.8) is 0 Å². The topological polar surface area (TPSA) is 47.3 Å². The van der Waals surface area contributed by atoms with Gasteiger partial charge in [-0.2, -0.15) is 5.10 Å². The van der Waals surface area contributed by atoms with Gasteiger partial charge in [0, 0.05) is 6.54 Å². The molecule has 0 aliphatic rings. The van der Waals surface area contributed by atoms with Gasteiger partial charge in [0.1, 0.15) is 11.8 Å². The van der Waals surface area contributed by atoms with E-state index in [-0.39, 0.29) is 0 Å². The zero-order valence-electron chi connectivity index (χ0n) is 12.2. The number of benzene rings is 2. The molecule has 0 radical (unpaired) electrons. The predicted molar refractivity (Wildman–Crippen MR) is 82.5 cm³/mol.